The summed E-state index contributed by atoms with van der Waals surface area (Å²) in [7, 11) is 0. The van der Waals surface area contributed by atoms with E-state index in [1.54, 1.807) is 12.5 Å². The maximum absolute atomic E-state index is 4.37. The summed E-state index contributed by atoms with van der Waals surface area (Å²) in [5.41, 5.74) is 2.15. The van der Waals surface area contributed by atoms with Gasteiger partial charge in [0, 0.05) is 19.1 Å². The topological polar surface area (TPSA) is 69.7 Å². The average molecular weight is 322 g/mol. The van der Waals surface area contributed by atoms with Crippen molar-refractivity contribution in [2.75, 3.05) is 18.4 Å². The van der Waals surface area contributed by atoms with E-state index >= 15 is 0 Å². The highest BCUT2D eigenvalue weighted by atomic mass is 15.2. The maximum atomic E-state index is 4.37. The molecule has 1 aliphatic heterocycles. The lowest BCUT2D eigenvalue weighted by Gasteiger charge is -2.36. The monoisotopic (exact) mass is 322 g/mol. The van der Waals surface area contributed by atoms with Crippen LogP contribution in [0.25, 0.3) is 11.0 Å². The summed E-state index contributed by atoms with van der Waals surface area (Å²) >= 11 is 0. The van der Waals surface area contributed by atoms with Gasteiger partial charge in [0.05, 0.1) is 11.6 Å². The predicted octanol–water partition coefficient (Wildman–Crippen LogP) is 2.82. The molecule has 1 fully saturated rings. The minimum Gasteiger partial charge on any atom is -0.368 e. The molecule has 1 atom stereocenters. The molecule has 1 saturated heterocycles. The Bertz CT molecular complexity index is 784. The zero-order chi connectivity index (χ0) is 16.2. The van der Waals surface area contributed by atoms with E-state index in [0.717, 1.165) is 36.5 Å². The minimum atomic E-state index is 0.524. The molecule has 4 rings (SSSR count). The van der Waals surface area contributed by atoms with Crippen LogP contribution in [0.4, 0.5) is 5.82 Å². The fraction of sp³-hybridized carbons (Fsp3) is 0.389. The Morgan fingerprint density at radius 3 is 3.00 bits per heavy atom. The van der Waals surface area contributed by atoms with Crippen LogP contribution in [-0.2, 0) is 6.54 Å². The van der Waals surface area contributed by atoms with Crippen LogP contribution in [0.1, 0.15) is 24.8 Å². The average Bonchev–Trinajstić information content (AvgIpc) is 3.11. The Labute approximate surface area is 141 Å². The van der Waals surface area contributed by atoms with Crippen molar-refractivity contribution in [2.24, 2.45) is 0 Å². The van der Waals surface area contributed by atoms with E-state index in [-0.39, 0.29) is 0 Å². The molecule has 0 spiro atoms. The number of likely N-dealkylation sites (tertiary alicyclic amines) is 1. The van der Waals surface area contributed by atoms with Gasteiger partial charge in [0.25, 0.3) is 0 Å². The van der Waals surface area contributed by atoms with Gasteiger partial charge in [-0.1, -0.05) is 36.8 Å². The van der Waals surface area contributed by atoms with Crippen LogP contribution >= 0.6 is 0 Å². The fourth-order valence-corrected chi connectivity index (χ4v) is 3.44. The Balaban J connectivity index is 1.44. The second-order valence-corrected chi connectivity index (χ2v) is 6.34. The number of piperidine rings is 1. The van der Waals surface area contributed by atoms with E-state index < -0.39 is 0 Å². The highest BCUT2D eigenvalue weighted by molar-refractivity contribution is 5.85. The Hall–Kier alpha value is -2.47. The molecule has 1 unspecified atom stereocenters. The molecule has 0 bridgehead atoms. The highest BCUT2D eigenvalue weighted by Gasteiger charge is 2.22. The molecule has 6 nitrogen and oxygen atoms in total. The molecule has 1 aromatic carbocycles. The molecule has 0 amide bonds. The number of H-pyrrole nitrogens is 1. The van der Waals surface area contributed by atoms with Crippen molar-refractivity contribution in [3.63, 3.8) is 0 Å². The second kappa shape index (κ2) is 6.97. The fourth-order valence-electron chi connectivity index (χ4n) is 3.44. The first-order valence-electron chi connectivity index (χ1n) is 8.56. The lowest BCUT2D eigenvalue weighted by atomic mass is 10.0. The zero-order valence-corrected chi connectivity index (χ0v) is 13.7. The third kappa shape index (κ3) is 3.23. The van der Waals surface area contributed by atoms with Crippen LogP contribution in [0.3, 0.4) is 0 Å². The van der Waals surface area contributed by atoms with Crippen LogP contribution in [-0.4, -0.2) is 44.2 Å². The highest BCUT2D eigenvalue weighted by Crippen LogP contribution is 2.21. The number of rotatable bonds is 5. The lowest BCUT2D eigenvalue weighted by molar-refractivity contribution is 0.148. The Kier molecular flexibility index (Phi) is 4.38. The quantitative estimate of drug-likeness (QED) is 0.756. The van der Waals surface area contributed by atoms with E-state index in [2.05, 4.69) is 60.7 Å². The van der Waals surface area contributed by atoms with Crippen LogP contribution in [0.15, 0.2) is 42.9 Å². The van der Waals surface area contributed by atoms with Gasteiger partial charge in [0.2, 0.25) is 0 Å². The van der Waals surface area contributed by atoms with Gasteiger partial charge >= 0.3 is 0 Å². The Morgan fingerprint density at radius 2 is 2.08 bits per heavy atom. The first-order valence-corrected chi connectivity index (χ1v) is 8.56. The number of hydrogen-bond donors (Lipinski definition) is 2. The van der Waals surface area contributed by atoms with Crippen molar-refractivity contribution in [1.29, 1.82) is 0 Å². The third-order valence-electron chi connectivity index (χ3n) is 4.73. The van der Waals surface area contributed by atoms with E-state index in [1.807, 2.05) is 0 Å². The van der Waals surface area contributed by atoms with Crippen LogP contribution in [0, 0.1) is 0 Å². The van der Waals surface area contributed by atoms with Gasteiger partial charge in [-0.25, -0.2) is 9.97 Å². The van der Waals surface area contributed by atoms with Crippen molar-refractivity contribution in [3.8, 4) is 0 Å². The van der Waals surface area contributed by atoms with E-state index in [1.165, 1.54) is 24.8 Å². The van der Waals surface area contributed by atoms with Crippen molar-refractivity contribution in [1.82, 2.24) is 25.1 Å². The number of fused-ring (bicyclic) bond motifs is 1. The molecule has 2 aromatic heterocycles. The normalized spacial score (nSPS) is 18.8. The van der Waals surface area contributed by atoms with Crippen molar-refractivity contribution in [2.45, 2.75) is 31.8 Å². The van der Waals surface area contributed by atoms with Gasteiger partial charge in [-0.15, -0.1) is 0 Å². The molecule has 2 N–H and O–H groups in total. The molecular formula is C18H22N6. The zero-order valence-electron chi connectivity index (χ0n) is 13.7. The molecule has 0 radical (unpaired) electrons. The summed E-state index contributed by atoms with van der Waals surface area (Å²) in [6.07, 6.45) is 7.15. The standard InChI is InChI=1S/C18H22N6/c1-2-6-14(7-3-1)12-24-9-5-4-8-15(24)10-19-17-16-11-22-23-18(16)21-13-20-17/h1-3,6-7,11,13,15H,4-5,8-10,12H2,(H2,19,20,21,22,23). The summed E-state index contributed by atoms with van der Waals surface area (Å²) in [5.74, 6) is 0.860. The van der Waals surface area contributed by atoms with E-state index in [4.69, 9.17) is 0 Å². The van der Waals surface area contributed by atoms with Gasteiger partial charge in [0.15, 0.2) is 5.65 Å². The van der Waals surface area contributed by atoms with E-state index in [0.29, 0.717) is 6.04 Å². The largest absolute Gasteiger partial charge is 0.368 e. The number of aromatic nitrogens is 4. The molecule has 1 aliphatic rings. The molecular weight excluding hydrogens is 300 g/mol. The molecule has 3 aromatic rings. The Morgan fingerprint density at radius 1 is 1.17 bits per heavy atom. The number of aromatic amines is 1. The van der Waals surface area contributed by atoms with Gasteiger partial charge in [-0.2, -0.15) is 5.10 Å². The smallest absolute Gasteiger partial charge is 0.160 e. The van der Waals surface area contributed by atoms with Crippen molar-refractivity contribution < 1.29 is 0 Å². The molecule has 6 heteroatoms. The third-order valence-corrected chi connectivity index (χ3v) is 4.73. The molecule has 24 heavy (non-hydrogen) atoms. The van der Waals surface area contributed by atoms with Gasteiger partial charge in [0.1, 0.15) is 12.1 Å². The maximum Gasteiger partial charge on any atom is 0.160 e. The summed E-state index contributed by atoms with van der Waals surface area (Å²) in [4.78, 5) is 11.1. The van der Waals surface area contributed by atoms with Gasteiger partial charge in [-0.3, -0.25) is 10.00 Å². The predicted molar refractivity (Wildman–Crippen MR) is 94.7 cm³/mol. The minimum absolute atomic E-state index is 0.524. The van der Waals surface area contributed by atoms with Crippen molar-refractivity contribution in [3.05, 3.63) is 48.4 Å². The summed E-state index contributed by atoms with van der Waals surface area (Å²) in [6, 6.07) is 11.2. The lowest BCUT2D eigenvalue weighted by Crippen LogP contribution is -2.43. The number of hydrogen-bond acceptors (Lipinski definition) is 5. The molecule has 0 saturated carbocycles. The summed E-state index contributed by atoms with van der Waals surface area (Å²) in [6.45, 7) is 3.06. The van der Waals surface area contributed by atoms with E-state index in [9.17, 15) is 0 Å². The number of benzene rings is 1. The molecule has 124 valence electrons. The van der Waals surface area contributed by atoms with Crippen LogP contribution < -0.4 is 5.32 Å². The van der Waals surface area contributed by atoms with Crippen LogP contribution in [0.2, 0.25) is 0 Å². The molecule has 3 heterocycles. The van der Waals surface area contributed by atoms with Crippen molar-refractivity contribution >= 4 is 16.9 Å². The SMILES string of the molecule is c1ccc(CN2CCCCC2CNc2ncnc3[nH]ncc23)cc1. The summed E-state index contributed by atoms with van der Waals surface area (Å²) < 4.78 is 0. The summed E-state index contributed by atoms with van der Waals surface area (Å²) in [5, 5.41) is 11.4. The number of nitrogens with zero attached hydrogens (tertiary/aromatic N) is 4. The molecule has 0 aliphatic carbocycles. The second-order valence-electron chi connectivity index (χ2n) is 6.34. The first-order chi connectivity index (χ1) is 11.9. The number of nitrogens with one attached hydrogen (secondary N) is 2. The van der Waals surface area contributed by atoms with Crippen LogP contribution in [0.5, 0.6) is 0 Å². The van der Waals surface area contributed by atoms with Gasteiger partial charge < -0.3 is 5.32 Å². The number of anilines is 1. The van der Waals surface area contributed by atoms with Gasteiger partial charge in [-0.05, 0) is 24.9 Å². The first kappa shape index (κ1) is 15.1.